The molecule has 1 heterocycles. The van der Waals surface area contributed by atoms with Gasteiger partial charge in [0.1, 0.15) is 12.6 Å². The lowest BCUT2D eigenvalue weighted by Crippen LogP contribution is -2.42. The monoisotopic (exact) mass is 486 g/mol. The number of benzene rings is 2. The Hall–Kier alpha value is -3.86. The van der Waals surface area contributed by atoms with Crippen molar-refractivity contribution in [3.63, 3.8) is 0 Å². The van der Waals surface area contributed by atoms with Crippen LogP contribution in [-0.2, 0) is 20.9 Å². The van der Waals surface area contributed by atoms with Gasteiger partial charge in [0.05, 0.1) is 23.5 Å². The second-order valence-electron chi connectivity index (χ2n) is 7.11. The van der Waals surface area contributed by atoms with Crippen LogP contribution in [0.1, 0.15) is 25.0 Å². The number of methoxy groups -OCH3 is 1. The minimum absolute atomic E-state index is 0.0327. The zero-order chi connectivity index (χ0) is 24.8. The minimum atomic E-state index is -1.03. The van der Waals surface area contributed by atoms with E-state index in [-0.39, 0.29) is 23.8 Å². The highest BCUT2D eigenvalue weighted by Gasteiger charge is 2.41. The number of carbonyl (C=O) groups excluding carboxylic acids is 3. The number of nitrogens with zero attached hydrogens (tertiary/aromatic N) is 2. The van der Waals surface area contributed by atoms with Crippen LogP contribution in [0.25, 0.3) is 6.08 Å². The molecule has 10 nitrogen and oxygen atoms in total. The molecular weight excluding hydrogens is 464 g/mol. The molecular formula is C23H22N2O8S. The van der Waals surface area contributed by atoms with Gasteiger partial charge in [-0.2, -0.15) is 0 Å². The zero-order valence-electron chi connectivity index (χ0n) is 18.7. The van der Waals surface area contributed by atoms with Crippen LogP contribution in [0.15, 0.2) is 47.4 Å². The molecule has 0 aromatic heterocycles. The summed E-state index contributed by atoms with van der Waals surface area (Å²) in [6.45, 7) is 3.31. The van der Waals surface area contributed by atoms with E-state index >= 15 is 0 Å². The van der Waals surface area contributed by atoms with Crippen LogP contribution in [-0.4, -0.2) is 46.7 Å². The van der Waals surface area contributed by atoms with E-state index in [1.54, 1.807) is 37.3 Å². The molecule has 1 atom stereocenters. The summed E-state index contributed by atoms with van der Waals surface area (Å²) in [5.74, 6) is -0.466. The molecule has 0 radical (unpaired) electrons. The van der Waals surface area contributed by atoms with E-state index in [1.807, 2.05) is 0 Å². The topological polar surface area (TPSA) is 125 Å². The summed E-state index contributed by atoms with van der Waals surface area (Å²) in [5.41, 5.74) is 1.16. The number of nitro groups is 1. The summed E-state index contributed by atoms with van der Waals surface area (Å²) < 4.78 is 16.0. The number of non-ortho nitro benzene ring substituents is 1. The van der Waals surface area contributed by atoms with Crippen molar-refractivity contribution in [2.75, 3.05) is 13.7 Å². The van der Waals surface area contributed by atoms with Crippen LogP contribution in [0.2, 0.25) is 0 Å². The SMILES string of the molecule is CCOC(=O)[C@H](C)N1C(=O)S/C(=C/c2ccc(OCc3cccc([N+](=O)[O-])c3)c(OC)c2)C1=O. The van der Waals surface area contributed by atoms with E-state index in [0.29, 0.717) is 22.6 Å². The highest BCUT2D eigenvalue weighted by Crippen LogP contribution is 2.36. The molecule has 3 rings (SSSR count). The fraction of sp³-hybridized carbons (Fsp3) is 0.261. The maximum atomic E-state index is 12.7. The predicted molar refractivity (Wildman–Crippen MR) is 124 cm³/mol. The maximum absolute atomic E-state index is 12.7. The Kier molecular flexibility index (Phi) is 7.90. The molecule has 1 aliphatic heterocycles. The maximum Gasteiger partial charge on any atom is 0.329 e. The first-order chi connectivity index (χ1) is 16.2. The lowest BCUT2D eigenvalue weighted by atomic mass is 10.1. The van der Waals surface area contributed by atoms with E-state index in [4.69, 9.17) is 14.2 Å². The number of ether oxygens (including phenoxy) is 3. The van der Waals surface area contributed by atoms with Gasteiger partial charge in [-0.1, -0.05) is 18.2 Å². The number of nitro benzene ring substituents is 1. The van der Waals surface area contributed by atoms with Crippen LogP contribution in [0.5, 0.6) is 11.5 Å². The molecule has 0 bridgehead atoms. The van der Waals surface area contributed by atoms with Gasteiger partial charge in [0.2, 0.25) is 0 Å². The molecule has 34 heavy (non-hydrogen) atoms. The predicted octanol–water partition coefficient (Wildman–Crippen LogP) is 4.17. The van der Waals surface area contributed by atoms with Crippen molar-refractivity contribution in [2.45, 2.75) is 26.5 Å². The smallest absolute Gasteiger partial charge is 0.329 e. The average Bonchev–Trinajstić information content (AvgIpc) is 3.10. The number of esters is 1. The lowest BCUT2D eigenvalue weighted by molar-refractivity contribution is -0.384. The summed E-state index contributed by atoms with van der Waals surface area (Å²) in [6, 6.07) is 10.0. The van der Waals surface area contributed by atoms with Crippen molar-refractivity contribution < 1.29 is 33.5 Å². The molecule has 1 aliphatic rings. The number of rotatable bonds is 9. The molecule has 2 aromatic rings. The molecule has 178 valence electrons. The largest absolute Gasteiger partial charge is 0.493 e. The van der Waals surface area contributed by atoms with Crippen molar-refractivity contribution in [2.24, 2.45) is 0 Å². The molecule has 0 unspecified atom stereocenters. The number of carbonyl (C=O) groups is 3. The molecule has 2 amide bonds. The first kappa shape index (κ1) is 24.8. The van der Waals surface area contributed by atoms with Gasteiger partial charge in [-0.3, -0.25) is 24.6 Å². The second kappa shape index (κ2) is 10.8. The van der Waals surface area contributed by atoms with Gasteiger partial charge in [-0.15, -0.1) is 0 Å². The van der Waals surface area contributed by atoms with E-state index in [0.717, 1.165) is 16.7 Å². The normalized spacial score (nSPS) is 15.4. The fourth-order valence-corrected chi connectivity index (χ4v) is 4.06. The summed E-state index contributed by atoms with van der Waals surface area (Å²) in [4.78, 5) is 48.5. The molecule has 1 saturated heterocycles. The van der Waals surface area contributed by atoms with Crippen molar-refractivity contribution in [3.05, 3.63) is 68.6 Å². The Bertz CT molecular complexity index is 1160. The Morgan fingerprint density at radius 3 is 2.65 bits per heavy atom. The van der Waals surface area contributed by atoms with E-state index in [9.17, 15) is 24.5 Å². The van der Waals surface area contributed by atoms with Crippen LogP contribution in [0, 0.1) is 10.1 Å². The Morgan fingerprint density at radius 1 is 1.21 bits per heavy atom. The summed E-state index contributed by atoms with van der Waals surface area (Å²) in [7, 11) is 1.45. The van der Waals surface area contributed by atoms with E-state index in [1.165, 1.54) is 32.2 Å². The van der Waals surface area contributed by atoms with Gasteiger partial charge >= 0.3 is 5.97 Å². The molecule has 11 heteroatoms. The Morgan fingerprint density at radius 2 is 1.97 bits per heavy atom. The molecule has 0 aliphatic carbocycles. The lowest BCUT2D eigenvalue weighted by Gasteiger charge is -2.19. The Balaban J connectivity index is 1.76. The Labute approximate surface area is 199 Å². The first-order valence-electron chi connectivity index (χ1n) is 10.2. The third kappa shape index (κ3) is 5.54. The van der Waals surface area contributed by atoms with Crippen LogP contribution < -0.4 is 9.47 Å². The molecule has 0 N–H and O–H groups in total. The molecule has 0 saturated carbocycles. The minimum Gasteiger partial charge on any atom is -0.493 e. The van der Waals surface area contributed by atoms with Crippen LogP contribution in [0.3, 0.4) is 0 Å². The third-order valence-electron chi connectivity index (χ3n) is 4.84. The summed E-state index contributed by atoms with van der Waals surface area (Å²) in [6.07, 6.45) is 1.52. The number of imide groups is 1. The van der Waals surface area contributed by atoms with Crippen LogP contribution >= 0.6 is 11.8 Å². The number of amides is 2. The fourth-order valence-electron chi connectivity index (χ4n) is 3.15. The van der Waals surface area contributed by atoms with E-state index < -0.39 is 28.1 Å². The second-order valence-corrected chi connectivity index (χ2v) is 8.10. The zero-order valence-corrected chi connectivity index (χ0v) is 19.5. The third-order valence-corrected chi connectivity index (χ3v) is 5.72. The van der Waals surface area contributed by atoms with Crippen molar-refractivity contribution >= 4 is 40.6 Å². The highest BCUT2D eigenvalue weighted by molar-refractivity contribution is 8.18. The van der Waals surface area contributed by atoms with Gasteiger partial charge in [-0.25, -0.2) is 4.79 Å². The standard InChI is InChI=1S/C23H22N2O8S/c1-4-32-22(27)14(2)24-21(26)20(34-23(24)28)12-15-8-9-18(19(11-15)31-3)33-13-16-6-5-7-17(10-16)25(29)30/h5-12,14H,4,13H2,1-3H3/b20-12+/t14-/m0/s1. The van der Waals surface area contributed by atoms with Crippen LogP contribution in [0.4, 0.5) is 10.5 Å². The van der Waals surface area contributed by atoms with Gasteiger partial charge < -0.3 is 14.2 Å². The van der Waals surface area contributed by atoms with Crippen molar-refractivity contribution in [3.8, 4) is 11.5 Å². The van der Waals surface area contributed by atoms with Crippen molar-refractivity contribution in [1.82, 2.24) is 4.90 Å². The first-order valence-corrected chi connectivity index (χ1v) is 11.0. The summed E-state index contributed by atoms with van der Waals surface area (Å²) in [5, 5.41) is 10.4. The highest BCUT2D eigenvalue weighted by atomic mass is 32.2. The molecule has 0 spiro atoms. The quantitative estimate of drug-likeness (QED) is 0.222. The molecule has 1 fully saturated rings. The van der Waals surface area contributed by atoms with Gasteiger partial charge in [0, 0.05) is 12.1 Å². The van der Waals surface area contributed by atoms with Crippen molar-refractivity contribution in [1.29, 1.82) is 0 Å². The van der Waals surface area contributed by atoms with Gasteiger partial charge in [-0.05, 0) is 54.9 Å². The number of hydrogen-bond acceptors (Lipinski definition) is 9. The van der Waals surface area contributed by atoms with Gasteiger partial charge in [0.25, 0.3) is 16.8 Å². The summed E-state index contributed by atoms with van der Waals surface area (Å²) >= 11 is 0.733. The van der Waals surface area contributed by atoms with E-state index in [2.05, 4.69) is 0 Å². The number of hydrogen-bond donors (Lipinski definition) is 0. The number of thioether (sulfide) groups is 1. The van der Waals surface area contributed by atoms with Gasteiger partial charge in [0.15, 0.2) is 11.5 Å². The average molecular weight is 487 g/mol. The molecule has 2 aromatic carbocycles.